The summed E-state index contributed by atoms with van der Waals surface area (Å²) in [5.74, 6) is 1.46. The van der Waals surface area contributed by atoms with Crippen LogP contribution < -0.4 is 10.6 Å². The largest absolute Gasteiger partial charge is 0.357 e. The Hall–Kier alpha value is -1.40. The van der Waals surface area contributed by atoms with Crippen LogP contribution in [0.5, 0.6) is 0 Å². The summed E-state index contributed by atoms with van der Waals surface area (Å²) in [6, 6.07) is 9.06. The topological polar surface area (TPSA) is 49.3 Å². The normalized spacial score (nSPS) is 20.4. The van der Waals surface area contributed by atoms with Crippen LogP contribution in [0.2, 0.25) is 0 Å². The minimum atomic E-state index is 0.465. The number of aryl methyl sites for hydroxylation is 1. The Morgan fingerprint density at radius 1 is 1.39 bits per heavy atom. The van der Waals surface area contributed by atoms with Gasteiger partial charge in [-0.2, -0.15) is 0 Å². The van der Waals surface area contributed by atoms with Crippen molar-refractivity contribution in [2.45, 2.75) is 38.8 Å². The summed E-state index contributed by atoms with van der Waals surface area (Å²) in [6.45, 7) is 5.65. The lowest BCUT2D eigenvalue weighted by molar-refractivity contribution is 0.794. The Morgan fingerprint density at radius 2 is 2.17 bits per heavy atom. The first kappa shape index (κ1) is 16.5. The Bertz CT molecular complexity index is 680. The summed E-state index contributed by atoms with van der Waals surface area (Å²) in [5, 5.41) is 7.91. The third-order valence-corrected chi connectivity index (χ3v) is 5.22. The van der Waals surface area contributed by atoms with Crippen molar-refractivity contribution in [2.24, 2.45) is 4.99 Å². The molecule has 0 amide bonds. The van der Waals surface area contributed by atoms with Crippen molar-refractivity contribution in [3.8, 4) is 0 Å². The highest BCUT2D eigenvalue weighted by Crippen LogP contribution is 2.40. The number of benzene rings is 1. The minimum Gasteiger partial charge on any atom is -0.357 e. The first-order valence-corrected chi connectivity index (χ1v) is 9.48. The smallest absolute Gasteiger partial charge is 0.191 e. The molecule has 4 nitrogen and oxygen atoms in total. The van der Waals surface area contributed by atoms with E-state index in [1.807, 2.05) is 6.20 Å². The third-order valence-electron chi connectivity index (χ3n) is 3.80. The summed E-state index contributed by atoms with van der Waals surface area (Å²) in [4.78, 5) is 10.2. The van der Waals surface area contributed by atoms with Crippen LogP contribution in [0.15, 0.2) is 39.9 Å². The number of nitrogens with zero attached hydrogens (tertiary/aromatic N) is 2. The van der Waals surface area contributed by atoms with E-state index in [0.29, 0.717) is 18.5 Å². The fourth-order valence-corrected chi connectivity index (χ4v) is 3.53. The van der Waals surface area contributed by atoms with Crippen molar-refractivity contribution in [3.63, 3.8) is 0 Å². The van der Waals surface area contributed by atoms with Gasteiger partial charge in [0.05, 0.1) is 6.54 Å². The van der Waals surface area contributed by atoms with Gasteiger partial charge in [0, 0.05) is 34.1 Å². The fourth-order valence-electron chi connectivity index (χ4n) is 2.55. The van der Waals surface area contributed by atoms with Crippen molar-refractivity contribution in [1.82, 2.24) is 15.6 Å². The second-order valence-corrected chi connectivity index (χ2v) is 7.94. The van der Waals surface area contributed by atoms with Gasteiger partial charge in [-0.25, -0.2) is 9.98 Å². The molecule has 0 bridgehead atoms. The molecule has 2 aromatic rings. The first-order valence-electron chi connectivity index (χ1n) is 7.87. The van der Waals surface area contributed by atoms with Gasteiger partial charge in [0.25, 0.3) is 0 Å². The maximum absolute atomic E-state index is 4.65. The molecule has 1 aromatic heterocycles. The van der Waals surface area contributed by atoms with E-state index in [-0.39, 0.29) is 0 Å². The monoisotopic (exact) mass is 392 g/mol. The summed E-state index contributed by atoms with van der Waals surface area (Å²) >= 11 is 5.19. The molecule has 1 saturated carbocycles. The van der Waals surface area contributed by atoms with Crippen LogP contribution in [0.25, 0.3) is 0 Å². The van der Waals surface area contributed by atoms with Gasteiger partial charge >= 0.3 is 0 Å². The summed E-state index contributed by atoms with van der Waals surface area (Å²) < 4.78 is 1.13. The molecule has 3 rings (SSSR count). The van der Waals surface area contributed by atoms with Crippen LogP contribution in [0.3, 0.4) is 0 Å². The zero-order chi connectivity index (χ0) is 16.2. The quantitative estimate of drug-likeness (QED) is 0.600. The van der Waals surface area contributed by atoms with E-state index in [4.69, 9.17) is 0 Å². The van der Waals surface area contributed by atoms with Gasteiger partial charge in [0.1, 0.15) is 5.01 Å². The molecule has 0 saturated heterocycles. The lowest BCUT2D eigenvalue weighted by Gasteiger charge is -2.11. The van der Waals surface area contributed by atoms with Gasteiger partial charge in [-0.3, -0.25) is 0 Å². The Balaban J connectivity index is 1.58. The predicted octanol–water partition coefficient (Wildman–Crippen LogP) is 3.83. The number of rotatable bonds is 5. The zero-order valence-electron chi connectivity index (χ0n) is 13.3. The average Bonchev–Trinajstić information content (AvgIpc) is 3.17. The maximum atomic E-state index is 4.65. The molecule has 1 aromatic carbocycles. The molecule has 23 heavy (non-hydrogen) atoms. The number of thiazole rings is 1. The summed E-state index contributed by atoms with van der Waals surface area (Å²) in [6.07, 6.45) is 3.06. The Kier molecular flexibility index (Phi) is 5.33. The molecule has 1 aliphatic carbocycles. The van der Waals surface area contributed by atoms with Crippen molar-refractivity contribution in [1.29, 1.82) is 0 Å². The van der Waals surface area contributed by atoms with Gasteiger partial charge in [-0.05, 0) is 38.0 Å². The van der Waals surface area contributed by atoms with E-state index in [2.05, 4.69) is 74.7 Å². The highest BCUT2D eigenvalue weighted by molar-refractivity contribution is 9.10. The number of aromatic nitrogens is 1. The van der Waals surface area contributed by atoms with Crippen LogP contribution in [-0.2, 0) is 6.54 Å². The van der Waals surface area contributed by atoms with Gasteiger partial charge in [0.2, 0.25) is 0 Å². The van der Waals surface area contributed by atoms with E-state index in [9.17, 15) is 0 Å². The molecule has 6 heteroatoms. The summed E-state index contributed by atoms with van der Waals surface area (Å²) in [7, 11) is 0. The molecular formula is C17H21BrN4S. The Labute approximate surface area is 149 Å². The zero-order valence-corrected chi connectivity index (χ0v) is 15.7. The van der Waals surface area contributed by atoms with E-state index in [0.717, 1.165) is 28.4 Å². The van der Waals surface area contributed by atoms with Gasteiger partial charge in [0.15, 0.2) is 5.96 Å². The molecule has 1 aliphatic rings. The van der Waals surface area contributed by atoms with Crippen LogP contribution >= 0.6 is 27.3 Å². The molecular weight excluding hydrogens is 372 g/mol. The summed E-state index contributed by atoms with van der Waals surface area (Å²) in [5.41, 5.74) is 1.39. The molecule has 1 fully saturated rings. The van der Waals surface area contributed by atoms with Crippen LogP contribution in [0.4, 0.5) is 0 Å². The predicted molar refractivity (Wildman–Crippen MR) is 100 cm³/mol. The lowest BCUT2D eigenvalue weighted by Crippen LogP contribution is -2.39. The van der Waals surface area contributed by atoms with E-state index in [1.54, 1.807) is 11.3 Å². The standard InChI is InChI=1S/C17H21BrN4S/c1-3-19-17(21-10-16-20-9-11(2)23-16)22-15-8-14(15)12-4-6-13(18)7-5-12/h4-7,9,14-15H,3,8,10H2,1-2H3,(H2,19,21,22). The van der Waals surface area contributed by atoms with Crippen LogP contribution in [0.1, 0.15) is 34.7 Å². The van der Waals surface area contributed by atoms with Gasteiger partial charge in [-0.15, -0.1) is 11.3 Å². The van der Waals surface area contributed by atoms with Gasteiger partial charge < -0.3 is 10.6 Å². The minimum absolute atomic E-state index is 0.465. The molecule has 122 valence electrons. The van der Waals surface area contributed by atoms with Gasteiger partial charge in [-0.1, -0.05) is 28.1 Å². The second-order valence-electron chi connectivity index (χ2n) is 5.70. The highest BCUT2D eigenvalue weighted by Gasteiger charge is 2.38. The SMILES string of the molecule is CCNC(=NCc1ncc(C)s1)NC1CC1c1ccc(Br)cc1. The molecule has 0 aliphatic heterocycles. The number of aliphatic imine (C=N–C) groups is 1. The Morgan fingerprint density at radius 3 is 2.83 bits per heavy atom. The third kappa shape index (κ3) is 4.54. The number of hydrogen-bond donors (Lipinski definition) is 2. The number of halogens is 1. The van der Waals surface area contributed by atoms with E-state index in [1.165, 1.54) is 10.4 Å². The van der Waals surface area contributed by atoms with Crippen molar-refractivity contribution < 1.29 is 0 Å². The number of hydrogen-bond acceptors (Lipinski definition) is 3. The average molecular weight is 393 g/mol. The molecule has 1 heterocycles. The second kappa shape index (κ2) is 7.45. The van der Waals surface area contributed by atoms with Crippen LogP contribution in [-0.4, -0.2) is 23.5 Å². The lowest BCUT2D eigenvalue weighted by atomic mass is 10.1. The van der Waals surface area contributed by atoms with Crippen molar-refractivity contribution >= 4 is 33.2 Å². The molecule has 2 unspecified atom stereocenters. The van der Waals surface area contributed by atoms with E-state index >= 15 is 0 Å². The van der Waals surface area contributed by atoms with Crippen LogP contribution in [0, 0.1) is 6.92 Å². The maximum Gasteiger partial charge on any atom is 0.191 e. The van der Waals surface area contributed by atoms with E-state index < -0.39 is 0 Å². The highest BCUT2D eigenvalue weighted by atomic mass is 79.9. The number of nitrogens with one attached hydrogen (secondary N) is 2. The molecule has 0 radical (unpaired) electrons. The van der Waals surface area contributed by atoms with Crippen molar-refractivity contribution in [2.75, 3.05) is 6.54 Å². The first-order chi connectivity index (χ1) is 11.2. The molecule has 2 N–H and O–H groups in total. The molecule has 2 atom stereocenters. The van der Waals surface area contributed by atoms with Crippen molar-refractivity contribution in [3.05, 3.63) is 50.4 Å². The number of guanidine groups is 1. The fraction of sp³-hybridized carbons (Fsp3) is 0.412. The molecule has 0 spiro atoms.